The van der Waals surface area contributed by atoms with Gasteiger partial charge in [-0.1, -0.05) is 25.1 Å². The van der Waals surface area contributed by atoms with Crippen molar-refractivity contribution in [2.45, 2.75) is 51.4 Å². The number of thiazole rings is 1. The van der Waals surface area contributed by atoms with E-state index in [4.69, 9.17) is 9.47 Å². The highest BCUT2D eigenvalue weighted by atomic mass is 32.1. The van der Waals surface area contributed by atoms with Crippen LogP contribution in [0.4, 0.5) is 4.39 Å². The molecule has 194 valence electrons. The number of halogens is 1. The summed E-state index contributed by atoms with van der Waals surface area (Å²) in [6, 6.07) is 11.9. The maximum Gasteiger partial charge on any atom is 0.270 e. The largest absolute Gasteiger partial charge is 0.486 e. The lowest BCUT2D eigenvalue weighted by Crippen LogP contribution is -2.40. The van der Waals surface area contributed by atoms with Crippen molar-refractivity contribution in [1.29, 1.82) is 0 Å². The van der Waals surface area contributed by atoms with Crippen LogP contribution in [-0.4, -0.2) is 47.5 Å². The van der Waals surface area contributed by atoms with Crippen LogP contribution in [-0.2, 0) is 22.6 Å². The van der Waals surface area contributed by atoms with Crippen LogP contribution in [0.3, 0.4) is 0 Å². The molecule has 3 heterocycles. The number of aromatic nitrogens is 1. The summed E-state index contributed by atoms with van der Waals surface area (Å²) in [4.78, 5) is 31.5. The number of hydrogen-bond acceptors (Lipinski definition) is 6. The maximum atomic E-state index is 13.6. The predicted octanol–water partition coefficient (Wildman–Crippen LogP) is 4.65. The molecule has 1 N–H and O–H groups in total. The molecular weight excluding hydrogens is 493 g/mol. The van der Waals surface area contributed by atoms with E-state index < -0.39 is 0 Å². The monoisotopic (exact) mass is 523 g/mol. The van der Waals surface area contributed by atoms with Gasteiger partial charge in [0, 0.05) is 31.5 Å². The van der Waals surface area contributed by atoms with Gasteiger partial charge in [-0.15, -0.1) is 11.3 Å². The molecule has 1 fully saturated rings. The van der Waals surface area contributed by atoms with Gasteiger partial charge in [-0.25, -0.2) is 9.37 Å². The molecule has 2 atom stereocenters. The lowest BCUT2D eigenvalue weighted by atomic mass is 9.87. The standard InChI is InChI=1S/C28H30FN3O4S/c1-2-26(33)32-12-11-18-7-10-21(14-23(18)27(32)19-5-8-20(29)9-6-19)36-16-25-31-24(17-37-25)28(34)30-15-22-4-3-13-35-22/h5-10,14,17,22,27H,2-4,11-13,15-16H2,1H3,(H,30,34). The Balaban J connectivity index is 1.29. The topological polar surface area (TPSA) is 80.8 Å². The predicted molar refractivity (Wildman–Crippen MR) is 138 cm³/mol. The Morgan fingerprint density at radius 1 is 1.24 bits per heavy atom. The zero-order chi connectivity index (χ0) is 25.8. The third-order valence-corrected chi connectivity index (χ3v) is 7.64. The Labute approximate surface area is 219 Å². The molecule has 5 rings (SSSR count). The fourth-order valence-corrected chi connectivity index (χ4v) is 5.57. The molecule has 1 aromatic heterocycles. The van der Waals surface area contributed by atoms with Crippen molar-refractivity contribution in [3.8, 4) is 5.75 Å². The second-order valence-corrected chi connectivity index (χ2v) is 10.2. The molecule has 0 saturated carbocycles. The van der Waals surface area contributed by atoms with Crippen molar-refractivity contribution >= 4 is 23.2 Å². The molecule has 2 aliphatic heterocycles. The molecule has 0 aliphatic carbocycles. The van der Waals surface area contributed by atoms with E-state index in [1.807, 2.05) is 30.0 Å². The number of ether oxygens (including phenoxy) is 2. The van der Waals surface area contributed by atoms with E-state index >= 15 is 0 Å². The summed E-state index contributed by atoms with van der Waals surface area (Å²) in [7, 11) is 0. The second-order valence-electron chi connectivity index (χ2n) is 9.27. The first-order valence-corrected chi connectivity index (χ1v) is 13.5. The Hall–Kier alpha value is -3.30. The lowest BCUT2D eigenvalue weighted by Gasteiger charge is -2.38. The van der Waals surface area contributed by atoms with Gasteiger partial charge >= 0.3 is 0 Å². The zero-order valence-electron chi connectivity index (χ0n) is 20.7. The van der Waals surface area contributed by atoms with Gasteiger partial charge < -0.3 is 19.7 Å². The average molecular weight is 524 g/mol. The number of carbonyl (C=O) groups is 2. The van der Waals surface area contributed by atoms with Crippen LogP contribution in [0.1, 0.15) is 64.4 Å². The minimum atomic E-state index is -0.311. The highest BCUT2D eigenvalue weighted by molar-refractivity contribution is 7.09. The molecule has 37 heavy (non-hydrogen) atoms. The molecule has 3 aromatic rings. The number of rotatable bonds is 8. The van der Waals surface area contributed by atoms with Gasteiger partial charge in [0.05, 0.1) is 12.1 Å². The quantitative estimate of drug-likeness (QED) is 0.465. The van der Waals surface area contributed by atoms with E-state index in [-0.39, 0.29) is 36.4 Å². The Morgan fingerprint density at radius 2 is 2.08 bits per heavy atom. The molecule has 0 bridgehead atoms. The van der Waals surface area contributed by atoms with Crippen LogP contribution in [0, 0.1) is 5.82 Å². The second kappa shape index (κ2) is 11.4. The average Bonchev–Trinajstić information content (AvgIpc) is 3.62. The van der Waals surface area contributed by atoms with Crippen molar-refractivity contribution < 1.29 is 23.5 Å². The Kier molecular flexibility index (Phi) is 7.81. The normalized spacial score (nSPS) is 18.9. The fourth-order valence-electron chi connectivity index (χ4n) is 4.89. The van der Waals surface area contributed by atoms with Gasteiger partial charge in [-0.3, -0.25) is 9.59 Å². The van der Waals surface area contributed by atoms with Crippen molar-refractivity contribution in [3.63, 3.8) is 0 Å². The maximum absolute atomic E-state index is 13.6. The molecule has 0 spiro atoms. The van der Waals surface area contributed by atoms with Crippen molar-refractivity contribution in [3.05, 3.63) is 81.1 Å². The number of fused-ring (bicyclic) bond motifs is 1. The number of benzene rings is 2. The van der Waals surface area contributed by atoms with Crippen LogP contribution >= 0.6 is 11.3 Å². The number of carbonyl (C=O) groups excluding carboxylic acids is 2. The summed E-state index contributed by atoms with van der Waals surface area (Å²) in [6.45, 7) is 3.92. The summed E-state index contributed by atoms with van der Waals surface area (Å²) >= 11 is 1.37. The minimum Gasteiger partial charge on any atom is -0.486 e. The Bertz CT molecular complexity index is 1260. The third-order valence-electron chi connectivity index (χ3n) is 6.82. The van der Waals surface area contributed by atoms with Crippen LogP contribution in [0.25, 0.3) is 0 Å². The van der Waals surface area contributed by atoms with E-state index in [1.165, 1.54) is 23.5 Å². The summed E-state index contributed by atoms with van der Waals surface area (Å²) in [5.41, 5.74) is 3.35. The van der Waals surface area contributed by atoms with Gasteiger partial charge in [0.2, 0.25) is 5.91 Å². The van der Waals surface area contributed by atoms with E-state index in [1.54, 1.807) is 17.5 Å². The SMILES string of the molecule is CCC(=O)N1CCc2ccc(OCc3nc(C(=O)NCC4CCCO4)cs3)cc2C1c1ccc(F)cc1. The van der Waals surface area contributed by atoms with Crippen molar-refractivity contribution in [2.24, 2.45) is 0 Å². The van der Waals surface area contributed by atoms with Gasteiger partial charge in [0.1, 0.15) is 28.9 Å². The fraction of sp³-hybridized carbons (Fsp3) is 0.393. The minimum absolute atomic E-state index is 0.0550. The van der Waals surface area contributed by atoms with Gasteiger partial charge in [-0.05, 0) is 60.2 Å². The third kappa shape index (κ3) is 5.83. The molecular formula is C28H30FN3O4S. The highest BCUT2D eigenvalue weighted by Crippen LogP contribution is 2.37. The number of nitrogens with zero attached hydrogens (tertiary/aromatic N) is 2. The van der Waals surface area contributed by atoms with Crippen molar-refractivity contribution in [2.75, 3.05) is 19.7 Å². The first-order valence-electron chi connectivity index (χ1n) is 12.7. The van der Waals surface area contributed by atoms with Crippen LogP contribution in [0.15, 0.2) is 47.8 Å². The van der Waals surface area contributed by atoms with Gasteiger partial charge in [0.15, 0.2) is 0 Å². The van der Waals surface area contributed by atoms with Crippen LogP contribution in [0.2, 0.25) is 0 Å². The molecule has 1 saturated heterocycles. The summed E-state index contributed by atoms with van der Waals surface area (Å²) in [5, 5.41) is 5.31. The molecule has 2 aromatic carbocycles. The van der Waals surface area contributed by atoms with E-state index in [9.17, 15) is 14.0 Å². The van der Waals surface area contributed by atoms with Crippen LogP contribution in [0.5, 0.6) is 5.75 Å². The molecule has 7 nitrogen and oxygen atoms in total. The smallest absolute Gasteiger partial charge is 0.270 e. The first-order chi connectivity index (χ1) is 18.0. The van der Waals surface area contributed by atoms with E-state index in [2.05, 4.69) is 10.3 Å². The first kappa shape index (κ1) is 25.4. The summed E-state index contributed by atoms with van der Waals surface area (Å²) in [5.74, 6) is 0.179. The number of hydrogen-bond donors (Lipinski definition) is 1. The molecule has 9 heteroatoms. The number of amides is 2. The summed E-state index contributed by atoms with van der Waals surface area (Å²) < 4.78 is 25.2. The molecule has 2 amide bonds. The van der Waals surface area contributed by atoms with Gasteiger partial charge in [-0.2, -0.15) is 0 Å². The van der Waals surface area contributed by atoms with Crippen LogP contribution < -0.4 is 10.1 Å². The van der Waals surface area contributed by atoms with E-state index in [0.29, 0.717) is 36.0 Å². The molecule has 0 radical (unpaired) electrons. The molecule has 2 aliphatic rings. The van der Waals surface area contributed by atoms with Gasteiger partial charge in [0.25, 0.3) is 5.91 Å². The lowest BCUT2D eigenvalue weighted by molar-refractivity contribution is -0.132. The summed E-state index contributed by atoms with van der Waals surface area (Å²) in [6.07, 6.45) is 3.21. The van der Waals surface area contributed by atoms with Crippen molar-refractivity contribution in [1.82, 2.24) is 15.2 Å². The number of nitrogens with one attached hydrogen (secondary N) is 1. The Morgan fingerprint density at radius 3 is 2.84 bits per heavy atom. The molecule has 2 unspecified atom stereocenters. The zero-order valence-corrected chi connectivity index (χ0v) is 21.6. The van der Waals surface area contributed by atoms with E-state index in [0.717, 1.165) is 42.6 Å². The highest BCUT2D eigenvalue weighted by Gasteiger charge is 2.31.